The first-order chi connectivity index (χ1) is 9.56. The highest BCUT2D eigenvalue weighted by atomic mass is 19.1. The van der Waals surface area contributed by atoms with E-state index in [0.717, 1.165) is 11.5 Å². The summed E-state index contributed by atoms with van der Waals surface area (Å²) in [5.74, 6) is 1.10. The zero-order chi connectivity index (χ0) is 14.5. The third-order valence-corrected chi connectivity index (χ3v) is 3.12. The van der Waals surface area contributed by atoms with Gasteiger partial charge in [0.25, 0.3) is 0 Å². The summed E-state index contributed by atoms with van der Waals surface area (Å²) < 4.78 is 18.9. The molecule has 0 aliphatic rings. The third-order valence-electron chi connectivity index (χ3n) is 3.12. The molecule has 106 valence electrons. The predicted molar refractivity (Wildman–Crippen MR) is 75.1 cm³/mol. The molecule has 0 bridgehead atoms. The molecule has 0 saturated heterocycles. The highest BCUT2D eigenvalue weighted by molar-refractivity contribution is 5.96. The molecule has 3 nitrogen and oxygen atoms in total. The van der Waals surface area contributed by atoms with Crippen LogP contribution in [0.2, 0.25) is 0 Å². The molecule has 0 aliphatic carbocycles. The maximum Gasteiger partial charge on any atom is 0.167 e. The molecule has 1 heterocycles. The molecule has 0 atom stereocenters. The molecular weight excluding hydrogens is 257 g/mol. The highest BCUT2D eigenvalue weighted by Crippen LogP contribution is 2.11. The fraction of sp³-hybridized carbons (Fsp3) is 0.312. The largest absolute Gasteiger partial charge is 0.465 e. The van der Waals surface area contributed by atoms with E-state index in [0.29, 0.717) is 13.1 Å². The first-order valence-corrected chi connectivity index (χ1v) is 6.58. The number of carbonyl (C=O) groups is 1. The Balaban J connectivity index is 1.85. The summed E-state index contributed by atoms with van der Waals surface area (Å²) in [4.78, 5) is 13.9. The molecule has 0 N–H and O–H groups in total. The molecule has 0 amide bonds. The first-order valence-electron chi connectivity index (χ1n) is 6.58. The second kappa shape index (κ2) is 6.48. The fourth-order valence-electron chi connectivity index (χ4n) is 2.03. The van der Waals surface area contributed by atoms with E-state index in [1.165, 1.54) is 12.1 Å². The SMILES string of the molecule is Cc1ccc(CN(C)CCC(=O)c2ccccc2F)o1. The van der Waals surface area contributed by atoms with Crippen molar-refractivity contribution in [3.63, 3.8) is 0 Å². The Labute approximate surface area is 118 Å². The van der Waals surface area contributed by atoms with Crippen molar-refractivity contribution < 1.29 is 13.6 Å². The van der Waals surface area contributed by atoms with E-state index in [-0.39, 0.29) is 17.8 Å². The average molecular weight is 275 g/mol. The number of hydrogen-bond donors (Lipinski definition) is 0. The minimum absolute atomic E-state index is 0.162. The van der Waals surface area contributed by atoms with E-state index < -0.39 is 5.82 Å². The molecule has 20 heavy (non-hydrogen) atoms. The summed E-state index contributed by atoms with van der Waals surface area (Å²) in [5, 5.41) is 0. The van der Waals surface area contributed by atoms with Gasteiger partial charge in [-0.2, -0.15) is 0 Å². The second-order valence-electron chi connectivity index (χ2n) is 4.90. The zero-order valence-corrected chi connectivity index (χ0v) is 11.7. The van der Waals surface area contributed by atoms with E-state index in [9.17, 15) is 9.18 Å². The number of rotatable bonds is 6. The van der Waals surface area contributed by atoms with Gasteiger partial charge in [0.05, 0.1) is 12.1 Å². The van der Waals surface area contributed by atoms with Crippen LogP contribution >= 0.6 is 0 Å². The van der Waals surface area contributed by atoms with E-state index in [2.05, 4.69) is 0 Å². The molecular formula is C16H18FNO2. The standard InChI is InChI=1S/C16H18FNO2/c1-12-7-8-13(20-12)11-18(2)10-9-16(19)14-5-3-4-6-15(14)17/h3-8H,9-11H2,1-2H3. The minimum atomic E-state index is -0.457. The van der Waals surface area contributed by atoms with Crippen molar-refractivity contribution in [2.75, 3.05) is 13.6 Å². The summed E-state index contributed by atoms with van der Waals surface area (Å²) in [6.45, 7) is 3.09. The Hall–Kier alpha value is -1.94. The number of halogens is 1. The molecule has 0 spiro atoms. The summed E-state index contributed by atoms with van der Waals surface area (Å²) in [5.41, 5.74) is 0.162. The van der Waals surface area contributed by atoms with Gasteiger partial charge in [-0.25, -0.2) is 4.39 Å². The number of ketones is 1. The van der Waals surface area contributed by atoms with Gasteiger partial charge in [-0.1, -0.05) is 12.1 Å². The Bertz CT molecular complexity index is 592. The molecule has 0 unspecified atom stereocenters. The lowest BCUT2D eigenvalue weighted by Gasteiger charge is -2.14. The van der Waals surface area contributed by atoms with E-state index >= 15 is 0 Å². The monoisotopic (exact) mass is 275 g/mol. The molecule has 4 heteroatoms. The van der Waals surface area contributed by atoms with Gasteiger partial charge in [0.15, 0.2) is 5.78 Å². The number of Topliss-reactive ketones (excluding diaryl/α,β-unsaturated/α-hetero) is 1. The van der Waals surface area contributed by atoms with Crippen LogP contribution in [0.15, 0.2) is 40.8 Å². The molecule has 2 aromatic rings. The lowest BCUT2D eigenvalue weighted by molar-refractivity contribution is 0.0962. The molecule has 0 saturated carbocycles. The van der Waals surface area contributed by atoms with E-state index in [1.807, 2.05) is 31.0 Å². The number of carbonyl (C=O) groups excluding carboxylic acids is 1. The summed E-state index contributed by atoms with van der Waals surface area (Å²) in [6.07, 6.45) is 0.289. The number of nitrogens with zero attached hydrogens (tertiary/aromatic N) is 1. The van der Waals surface area contributed by atoms with Gasteiger partial charge in [0.2, 0.25) is 0 Å². The Morgan fingerprint density at radius 3 is 2.65 bits per heavy atom. The average Bonchev–Trinajstić information content (AvgIpc) is 2.82. The molecule has 0 radical (unpaired) electrons. The predicted octanol–water partition coefficient (Wildman–Crippen LogP) is 3.43. The highest BCUT2D eigenvalue weighted by Gasteiger charge is 2.12. The van der Waals surface area contributed by atoms with Crippen molar-refractivity contribution in [1.82, 2.24) is 4.90 Å². The molecule has 0 fully saturated rings. The smallest absolute Gasteiger partial charge is 0.167 e. The van der Waals surface area contributed by atoms with Crippen LogP contribution in [-0.4, -0.2) is 24.3 Å². The fourth-order valence-corrected chi connectivity index (χ4v) is 2.03. The lowest BCUT2D eigenvalue weighted by Crippen LogP contribution is -2.21. The molecule has 1 aromatic carbocycles. The number of benzene rings is 1. The normalized spacial score (nSPS) is 11.0. The molecule has 1 aromatic heterocycles. The Morgan fingerprint density at radius 1 is 1.25 bits per heavy atom. The van der Waals surface area contributed by atoms with Crippen LogP contribution in [0, 0.1) is 12.7 Å². The quantitative estimate of drug-likeness (QED) is 0.757. The van der Waals surface area contributed by atoms with Crippen molar-refractivity contribution in [1.29, 1.82) is 0 Å². The van der Waals surface area contributed by atoms with Crippen LogP contribution in [0.5, 0.6) is 0 Å². The maximum absolute atomic E-state index is 13.5. The van der Waals surface area contributed by atoms with Crippen molar-refractivity contribution in [3.8, 4) is 0 Å². The van der Waals surface area contributed by atoms with Crippen molar-refractivity contribution in [3.05, 3.63) is 59.3 Å². The lowest BCUT2D eigenvalue weighted by atomic mass is 10.1. The van der Waals surface area contributed by atoms with Crippen LogP contribution in [0.25, 0.3) is 0 Å². The minimum Gasteiger partial charge on any atom is -0.465 e. The first kappa shape index (κ1) is 14.5. The van der Waals surface area contributed by atoms with Gasteiger partial charge in [0, 0.05) is 13.0 Å². The van der Waals surface area contributed by atoms with Gasteiger partial charge in [-0.15, -0.1) is 0 Å². The third kappa shape index (κ3) is 3.78. The van der Waals surface area contributed by atoms with Gasteiger partial charge in [-0.3, -0.25) is 9.69 Å². The van der Waals surface area contributed by atoms with Crippen LogP contribution in [0.1, 0.15) is 28.3 Å². The zero-order valence-electron chi connectivity index (χ0n) is 11.7. The summed E-state index contributed by atoms with van der Waals surface area (Å²) in [6, 6.07) is 9.91. The van der Waals surface area contributed by atoms with E-state index in [4.69, 9.17) is 4.42 Å². The Morgan fingerprint density at radius 2 is 2.00 bits per heavy atom. The van der Waals surface area contributed by atoms with E-state index in [1.54, 1.807) is 12.1 Å². The number of aryl methyl sites for hydroxylation is 1. The van der Waals surface area contributed by atoms with Crippen LogP contribution < -0.4 is 0 Å². The van der Waals surface area contributed by atoms with Gasteiger partial charge < -0.3 is 4.42 Å². The number of hydrogen-bond acceptors (Lipinski definition) is 3. The van der Waals surface area contributed by atoms with Crippen LogP contribution in [-0.2, 0) is 6.54 Å². The van der Waals surface area contributed by atoms with Crippen LogP contribution in [0.4, 0.5) is 4.39 Å². The van der Waals surface area contributed by atoms with Gasteiger partial charge in [0.1, 0.15) is 17.3 Å². The van der Waals surface area contributed by atoms with Gasteiger partial charge in [-0.05, 0) is 38.2 Å². The van der Waals surface area contributed by atoms with Crippen molar-refractivity contribution in [2.45, 2.75) is 19.9 Å². The molecule has 2 rings (SSSR count). The van der Waals surface area contributed by atoms with Crippen molar-refractivity contribution >= 4 is 5.78 Å². The number of furan rings is 1. The second-order valence-corrected chi connectivity index (χ2v) is 4.90. The Kier molecular flexibility index (Phi) is 4.69. The summed E-state index contributed by atoms with van der Waals surface area (Å²) >= 11 is 0. The molecule has 0 aliphatic heterocycles. The topological polar surface area (TPSA) is 33.5 Å². The van der Waals surface area contributed by atoms with Gasteiger partial charge >= 0.3 is 0 Å². The van der Waals surface area contributed by atoms with Crippen molar-refractivity contribution in [2.24, 2.45) is 0 Å². The van der Waals surface area contributed by atoms with Crippen LogP contribution in [0.3, 0.4) is 0 Å². The maximum atomic E-state index is 13.5. The summed E-state index contributed by atoms with van der Waals surface area (Å²) in [7, 11) is 1.91.